The Hall–Kier alpha value is -0.790. The molecule has 15 heavy (non-hydrogen) atoms. The van der Waals surface area contributed by atoms with Crippen molar-refractivity contribution in [3.8, 4) is 0 Å². The summed E-state index contributed by atoms with van der Waals surface area (Å²) < 4.78 is 2.12. The van der Waals surface area contributed by atoms with Crippen LogP contribution in [0.15, 0.2) is 12.5 Å². The van der Waals surface area contributed by atoms with Crippen LogP contribution in [0.25, 0.3) is 0 Å². The van der Waals surface area contributed by atoms with Gasteiger partial charge < -0.3 is 4.57 Å². The molecule has 2 nitrogen and oxygen atoms in total. The number of rotatable bonds is 6. The molecule has 0 saturated carbocycles. The summed E-state index contributed by atoms with van der Waals surface area (Å²) in [5.74, 6) is 1.67. The average Bonchev–Trinajstić information content (AvgIpc) is 2.61. The number of aryl methyl sites for hydroxylation is 2. The zero-order valence-corrected chi connectivity index (χ0v) is 10.5. The molecule has 1 aromatic heterocycles. The molecule has 1 rings (SSSR count). The van der Waals surface area contributed by atoms with Gasteiger partial charge >= 0.3 is 0 Å². The predicted molar refractivity (Wildman–Crippen MR) is 64.8 cm³/mol. The van der Waals surface area contributed by atoms with Crippen LogP contribution < -0.4 is 0 Å². The van der Waals surface area contributed by atoms with Crippen LogP contribution in [0.2, 0.25) is 0 Å². The molecule has 2 unspecified atom stereocenters. The fourth-order valence-electron chi connectivity index (χ4n) is 2.03. The van der Waals surface area contributed by atoms with Crippen LogP contribution in [-0.4, -0.2) is 9.55 Å². The fourth-order valence-corrected chi connectivity index (χ4v) is 2.03. The van der Waals surface area contributed by atoms with E-state index in [0.717, 1.165) is 18.3 Å². The lowest BCUT2D eigenvalue weighted by molar-refractivity contribution is 0.340. The molecule has 0 radical (unpaired) electrons. The lowest BCUT2D eigenvalue weighted by Crippen LogP contribution is -2.09. The molecule has 0 amide bonds. The largest absolute Gasteiger partial charge is 0.338 e. The first-order valence-electron chi connectivity index (χ1n) is 6.10. The van der Waals surface area contributed by atoms with E-state index in [2.05, 4.69) is 37.4 Å². The van der Waals surface area contributed by atoms with Crippen molar-refractivity contribution in [1.29, 1.82) is 0 Å². The second kappa shape index (κ2) is 5.94. The third-order valence-corrected chi connectivity index (χ3v) is 3.49. The van der Waals surface area contributed by atoms with Crippen LogP contribution in [-0.2, 0) is 13.5 Å². The van der Waals surface area contributed by atoms with Gasteiger partial charge in [-0.3, -0.25) is 0 Å². The van der Waals surface area contributed by atoms with Crippen molar-refractivity contribution in [3.05, 3.63) is 18.2 Å². The van der Waals surface area contributed by atoms with E-state index < -0.39 is 0 Å². The van der Waals surface area contributed by atoms with E-state index in [1.54, 1.807) is 0 Å². The Morgan fingerprint density at radius 3 is 2.47 bits per heavy atom. The number of imidazole rings is 1. The lowest BCUT2D eigenvalue weighted by Gasteiger charge is -2.19. The highest BCUT2D eigenvalue weighted by Gasteiger charge is 2.11. The van der Waals surface area contributed by atoms with Gasteiger partial charge in [-0.25, -0.2) is 4.98 Å². The van der Waals surface area contributed by atoms with Gasteiger partial charge in [-0.1, -0.05) is 33.6 Å². The van der Waals surface area contributed by atoms with Crippen molar-refractivity contribution >= 4 is 0 Å². The maximum absolute atomic E-state index is 4.14. The summed E-state index contributed by atoms with van der Waals surface area (Å²) in [5.41, 5.74) is 1.35. The van der Waals surface area contributed by atoms with Gasteiger partial charge in [0.2, 0.25) is 0 Å². The molecule has 0 aliphatic heterocycles. The molecule has 0 bridgehead atoms. The molecular formula is C13H24N2. The minimum atomic E-state index is 0.819. The third-order valence-electron chi connectivity index (χ3n) is 3.49. The van der Waals surface area contributed by atoms with Crippen LogP contribution in [0, 0.1) is 11.8 Å². The second-order valence-electron chi connectivity index (χ2n) is 4.78. The summed E-state index contributed by atoms with van der Waals surface area (Å²) in [4.78, 5) is 4.14. The van der Waals surface area contributed by atoms with Gasteiger partial charge in [-0.15, -0.1) is 0 Å². The van der Waals surface area contributed by atoms with Crippen molar-refractivity contribution in [2.75, 3.05) is 0 Å². The Morgan fingerprint density at radius 1 is 1.27 bits per heavy atom. The third kappa shape index (κ3) is 3.69. The van der Waals surface area contributed by atoms with Gasteiger partial charge in [-0.2, -0.15) is 0 Å². The maximum Gasteiger partial charge on any atom is 0.0945 e. The van der Waals surface area contributed by atoms with Gasteiger partial charge in [0.15, 0.2) is 0 Å². The number of aromatic nitrogens is 2. The Labute approximate surface area is 93.7 Å². The Bertz CT molecular complexity index is 278. The molecule has 0 saturated heterocycles. The van der Waals surface area contributed by atoms with Gasteiger partial charge in [0.1, 0.15) is 0 Å². The van der Waals surface area contributed by atoms with E-state index in [9.17, 15) is 0 Å². The summed E-state index contributed by atoms with van der Waals surface area (Å²) >= 11 is 0. The first kappa shape index (κ1) is 12.3. The van der Waals surface area contributed by atoms with Crippen LogP contribution in [0.4, 0.5) is 0 Å². The molecule has 0 fully saturated rings. The Morgan fingerprint density at radius 2 is 1.93 bits per heavy atom. The topological polar surface area (TPSA) is 17.8 Å². The van der Waals surface area contributed by atoms with Crippen molar-refractivity contribution < 1.29 is 0 Å². The summed E-state index contributed by atoms with van der Waals surface area (Å²) in [6.07, 6.45) is 8.96. The van der Waals surface area contributed by atoms with Crippen molar-refractivity contribution in [3.63, 3.8) is 0 Å². The highest BCUT2D eigenvalue weighted by atomic mass is 15.0. The first-order chi connectivity index (χ1) is 7.15. The molecule has 2 heteroatoms. The molecule has 0 N–H and O–H groups in total. The molecule has 2 atom stereocenters. The van der Waals surface area contributed by atoms with E-state index in [0.29, 0.717) is 0 Å². The molecule has 0 aromatic carbocycles. The molecule has 86 valence electrons. The summed E-state index contributed by atoms with van der Waals surface area (Å²) in [5, 5.41) is 0. The van der Waals surface area contributed by atoms with Crippen LogP contribution in [0.5, 0.6) is 0 Å². The van der Waals surface area contributed by atoms with Crippen molar-refractivity contribution in [2.45, 2.75) is 46.5 Å². The SMILES string of the molecule is CCCC(C)C(C)CCc1cncn1C. The Kier molecular flexibility index (Phi) is 4.86. The van der Waals surface area contributed by atoms with E-state index in [-0.39, 0.29) is 0 Å². The highest BCUT2D eigenvalue weighted by molar-refractivity contribution is 4.97. The molecular weight excluding hydrogens is 184 g/mol. The quantitative estimate of drug-likeness (QED) is 0.700. The fraction of sp³-hybridized carbons (Fsp3) is 0.769. The Balaban J connectivity index is 2.34. The van der Waals surface area contributed by atoms with E-state index in [1.807, 2.05) is 12.5 Å². The summed E-state index contributed by atoms with van der Waals surface area (Å²) in [6, 6.07) is 0. The number of hydrogen-bond acceptors (Lipinski definition) is 1. The normalized spacial score (nSPS) is 15.2. The van der Waals surface area contributed by atoms with Gasteiger partial charge in [0, 0.05) is 18.9 Å². The second-order valence-corrected chi connectivity index (χ2v) is 4.78. The minimum Gasteiger partial charge on any atom is -0.338 e. The molecule has 0 spiro atoms. The molecule has 0 aliphatic carbocycles. The van der Waals surface area contributed by atoms with E-state index in [4.69, 9.17) is 0 Å². The lowest BCUT2D eigenvalue weighted by atomic mass is 9.88. The van der Waals surface area contributed by atoms with Crippen LogP contribution in [0.1, 0.15) is 45.7 Å². The highest BCUT2D eigenvalue weighted by Crippen LogP contribution is 2.21. The zero-order chi connectivity index (χ0) is 11.3. The summed E-state index contributed by atoms with van der Waals surface area (Å²) in [7, 11) is 2.07. The molecule has 0 aliphatic rings. The van der Waals surface area contributed by atoms with Crippen LogP contribution in [0.3, 0.4) is 0 Å². The minimum absolute atomic E-state index is 0.819. The zero-order valence-electron chi connectivity index (χ0n) is 10.5. The maximum atomic E-state index is 4.14. The smallest absolute Gasteiger partial charge is 0.0945 e. The predicted octanol–water partition coefficient (Wildman–Crippen LogP) is 3.43. The number of nitrogens with zero attached hydrogens (tertiary/aromatic N) is 2. The van der Waals surface area contributed by atoms with E-state index in [1.165, 1.54) is 25.0 Å². The van der Waals surface area contributed by atoms with Gasteiger partial charge in [-0.05, 0) is 24.7 Å². The standard InChI is InChI=1S/C13H24N2/c1-5-6-11(2)12(3)7-8-13-9-14-10-15(13)4/h9-12H,5-8H2,1-4H3. The van der Waals surface area contributed by atoms with E-state index >= 15 is 0 Å². The monoisotopic (exact) mass is 208 g/mol. The molecule has 1 aromatic rings. The van der Waals surface area contributed by atoms with Gasteiger partial charge in [0.25, 0.3) is 0 Å². The summed E-state index contributed by atoms with van der Waals surface area (Å²) in [6.45, 7) is 7.01. The van der Waals surface area contributed by atoms with Crippen molar-refractivity contribution in [2.24, 2.45) is 18.9 Å². The average molecular weight is 208 g/mol. The van der Waals surface area contributed by atoms with Gasteiger partial charge in [0.05, 0.1) is 6.33 Å². The first-order valence-corrected chi connectivity index (χ1v) is 6.10. The number of hydrogen-bond donors (Lipinski definition) is 0. The van der Waals surface area contributed by atoms with Crippen molar-refractivity contribution in [1.82, 2.24) is 9.55 Å². The van der Waals surface area contributed by atoms with Crippen LogP contribution >= 0.6 is 0 Å². The molecule has 1 heterocycles.